The van der Waals surface area contributed by atoms with Crippen LogP contribution in [0.4, 0.5) is 5.82 Å². The van der Waals surface area contributed by atoms with Gasteiger partial charge in [0.1, 0.15) is 11.6 Å². The van der Waals surface area contributed by atoms with Crippen molar-refractivity contribution in [3.8, 4) is 0 Å². The van der Waals surface area contributed by atoms with Crippen LogP contribution >= 0.6 is 0 Å². The Balaban J connectivity index is 2.27. The summed E-state index contributed by atoms with van der Waals surface area (Å²) in [6.07, 6.45) is 2.95. The molecule has 8 heteroatoms. The maximum Gasteiger partial charge on any atom is 0.245 e. The van der Waals surface area contributed by atoms with E-state index in [2.05, 4.69) is 23.7 Å². The Morgan fingerprint density at radius 2 is 2.04 bits per heavy atom. The quantitative estimate of drug-likeness (QED) is 0.817. The van der Waals surface area contributed by atoms with Gasteiger partial charge < -0.3 is 10.6 Å². The molecule has 1 fully saturated rings. The van der Waals surface area contributed by atoms with Gasteiger partial charge in [0.2, 0.25) is 15.9 Å². The molecule has 2 rings (SSSR count). The van der Waals surface area contributed by atoms with E-state index in [-0.39, 0.29) is 6.04 Å². The molecule has 1 amide bonds. The number of carbonyl (C=O) groups excluding carboxylic acids is 1. The number of primary amides is 1. The standard InChI is InChI=1S/C15H24N4O3S/c1-12(2)18-9-6-13(7-10-18)19(15-5-3-4-8-17-15)23(21,22)11-14(16)20/h3-5,8,12-13H,6-7,9-11H2,1-2H3,(H2,16,20). The second-order valence-electron chi connectivity index (χ2n) is 6.07. The van der Waals surface area contributed by atoms with E-state index in [0.29, 0.717) is 24.7 Å². The molecule has 23 heavy (non-hydrogen) atoms. The Hall–Kier alpha value is -1.67. The number of anilines is 1. The summed E-state index contributed by atoms with van der Waals surface area (Å²) in [5.41, 5.74) is 5.11. The van der Waals surface area contributed by atoms with E-state index in [1.54, 1.807) is 24.4 Å². The molecule has 0 aliphatic carbocycles. The van der Waals surface area contributed by atoms with Crippen LogP contribution in [0.2, 0.25) is 0 Å². The Bertz CT molecular complexity index is 625. The molecule has 0 saturated carbocycles. The van der Waals surface area contributed by atoms with Crippen molar-refractivity contribution in [1.29, 1.82) is 0 Å². The average Bonchev–Trinajstić information content (AvgIpc) is 2.47. The monoisotopic (exact) mass is 340 g/mol. The Labute approximate surface area is 137 Å². The first kappa shape index (κ1) is 17.7. The van der Waals surface area contributed by atoms with E-state index >= 15 is 0 Å². The van der Waals surface area contributed by atoms with Gasteiger partial charge in [-0.25, -0.2) is 13.4 Å². The van der Waals surface area contributed by atoms with E-state index in [1.165, 1.54) is 4.31 Å². The SMILES string of the molecule is CC(C)N1CCC(N(c2ccccn2)S(=O)(=O)CC(N)=O)CC1. The lowest BCUT2D eigenvalue weighted by Crippen LogP contribution is -2.50. The topological polar surface area (TPSA) is 96.6 Å². The summed E-state index contributed by atoms with van der Waals surface area (Å²) in [6, 6.07) is 5.33. The third-order valence-corrected chi connectivity index (χ3v) is 5.79. The van der Waals surface area contributed by atoms with Crippen molar-refractivity contribution < 1.29 is 13.2 Å². The van der Waals surface area contributed by atoms with Gasteiger partial charge in [-0.1, -0.05) is 6.07 Å². The number of nitrogens with zero attached hydrogens (tertiary/aromatic N) is 3. The summed E-state index contributed by atoms with van der Waals surface area (Å²) in [7, 11) is -3.83. The van der Waals surface area contributed by atoms with Crippen molar-refractivity contribution in [2.24, 2.45) is 5.73 Å². The summed E-state index contributed by atoms with van der Waals surface area (Å²) in [5.74, 6) is -1.21. The summed E-state index contributed by atoms with van der Waals surface area (Å²) >= 11 is 0. The molecule has 1 aromatic rings. The van der Waals surface area contributed by atoms with Crippen LogP contribution in [0, 0.1) is 0 Å². The highest BCUT2D eigenvalue weighted by molar-refractivity contribution is 7.93. The van der Waals surface area contributed by atoms with Crippen LogP contribution in [-0.4, -0.2) is 55.1 Å². The highest BCUT2D eigenvalue weighted by Crippen LogP contribution is 2.26. The molecule has 0 aromatic carbocycles. The fraction of sp³-hybridized carbons (Fsp3) is 0.600. The molecular formula is C15H24N4O3S. The minimum atomic E-state index is -3.83. The molecule has 2 N–H and O–H groups in total. The largest absolute Gasteiger partial charge is 0.369 e. The van der Waals surface area contributed by atoms with Gasteiger partial charge >= 0.3 is 0 Å². The van der Waals surface area contributed by atoms with Gasteiger partial charge in [0.05, 0.1) is 0 Å². The average molecular weight is 340 g/mol. The molecule has 7 nitrogen and oxygen atoms in total. The summed E-state index contributed by atoms with van der Waals surface area (Å²) in [4.78, 5) is 17.6. The molecule has 1 aliphatic rings. The third-order valence-electron chi connectivity index (χ3n) is 4.06. The minimum absolute atomic E-state index is 0.204. The molecule has 1 aliphatic heterocycles. The van der Waals surface area contributed by atoms with Crippen LogP contribution < -0.4 is 10.0 Å². The number of rotatable bonds is 6. The number of likely N-dealkylation sites (tertiary alicyclic amines) is 1. The van der Waals surface area contributed by atoms with Crippen molar-refractivity contribution in [3.05, 3.63) is 24.4 Å². The first-order valence-electron chi connectivity index (χ1n) is 7.77. The van der Waals surface area contributed by atoms with Gasteiger partial charge in [-0.2, -0.15) is 0 Å². The molecule has 0 bridgehead atoms. The number of hydrogen-bond acceptors (Lipinski definition) is 5. The van der Waals surface area contributed by atoms with Crippen LogP contribution in [0.5, 0.6) is 0 Å². The summed E-state index contributed by atoms with van der Waals surface area (Å²) < 4.78 is 26.5. The molecule has 2 heterocycles. The summed E-state index contributed by atoms with van der Waals surface area (Å²) in [6.45, 7) is 5.89. The lowest BCUT2D eigenvalue weighted by atomic mass is 10.0. The van der Waals surface area contributed by atoms with Gasteiger partial charge in [-0.05, 0) is 38.8 Å². The van der Waals surface area contributed by atoms with Crippen LogP contribution in [0.15, 0.2) is 24.4 Å². The number of pyridine rings is 1. The highest BCUT2D eigenvalue weighted by atomic mass is 32.2. The van der Waals surface area contributed by atoms with E-state index in [4.69, 9.17) is 5.73 Å². The fourth-order valence-electron chi connectivity index (χ4n) is 2.93. The van der Waals surface area contributed by atoms with Crippen LogP contribution in [0.25, 0.3) is 0 Å². The molecular weight excluding hydrogens is 316 g/mol. The number of carbonyl (C=O) groups is 1. The zero-order valence-electron chi connectivity index (χ0n) is 13.6. The number of hydrogen-bond donors (Lipinski definition) is 1. The van der Waals surface area contributed by atoms with Crippen molar-refractivity contribution >= 4 is 21.7 Å². The van der Waals surface area contributed by atoms with Crippen molar-refractivity contribution in [3.63, 3.8) is 0 Å². The predicted molar refractivity (Wildman–Crippen MR) is 89.4 cm³/mol. The maximum atomic E-state index is 12.6. The van der Waals surface area contributed by atoms with E-state index < -0.39 is 21.7 Å². The Morgan fingerprint density at radius 1 is 1.39 bits per heavy atom. The molecule has 1 saturated heterocycles. The van der Waals surface area contributed by atoms with E-state index in [0.717, 1.165) is 13.1 Å². The molecule has 128 valence electrons. The van der Waals surface area contributed by atoms with E-state index in [1.807, 2.05) is 0 Å². The fourth-order valence-corrected chi connectivity index (χ4v) is 4.48. The van der Waals surface area contributed by atoms with Gasteiger partial charge in [-0.15, -0.1) is 0 Å². The van der Waals surface area contributed by atoms with Crippen molar-refractivity contribution in [2.75, 3.05) is 23.1 Å². The smallest absolute Gasteiger partial charge is 0.245 e. The Morgan fingerprint density at radius 3 is 2.52 bits per heavy atom. The predicted octanol–water partition coefficient (Wildman–Crippen LogP) is 0.576. The normalized spacial score (nSPS) is 17.3. The number of sulfonamides is 1. The number of amides is 1. The lowest BCUT2D eigenvalue weighted by molar-refractivity contribution is -0.115. The van der Waals surface area contributed by atoms with Crippen LogP contribution in [0.1, 0.15) is 26.7 Å². The zero-order chi connectivity index (χ0) is 17.0. The first-order chi connectivity index (χ1) is 10.8. The first-order valence-corrected chi connectivity index (χ1v) is 9.37. The second-order valence-corrected chi connectivity index (χ2v) is 7.91. The highest BCUT2D eigenvalue weighted by Gasteiger charge is 2.34. The molecule has 1 aromatic heterocycles. The summed E-state index contributed by atoms with van der Waals surface area (Å²) in [5, 5.41) is 0. The van der Waals surface area contributed by atoms with Crippen molar-refractivity contribution in [2.45, 2.75) is 38.8 Å². The molecule has 0 atom stereocenters. The van der Waals surface area contributed by atoms with Gasteiger partial charge in [0.25, 0.3) is 0 Å². The van der Waals surface area contributed by atoms with Gasteiger partial charge in [0.15, 0.2) is 0 Å². The van der Waals surface area contributed by atoms with Gasteiger partial charge in [-0.3, -0.25) is 9.10 Å². The minimum Gasteiger partial charge on any atom is -0.369 e. The van der Waals surface area contributed by atoms with Crippen LogP contribution in [0.3, 0.4) is 0 Å². The molecule has 0 unspecified atom stereocenters. The van der Waals surface area contributed by atoms with E-state index in [9.17, 15) is 13.2 Å². The van der Waals surface area contributed by atoms with Crippen LogP contribution in [-0.2, 0) is 14.8 Å². The maximum absolute atomic E-state index is 12.6. The molecule has 0 radical (unpaired) electrons. The third kappa shape index (κ3) is 4.42. The number of piperidine rings is 1. The number of aromatic nitrogens is 1. The zero-order valence-corrected chi connectivity index (χ0v) is 14.4. The number of nitrogens with two attached hydrogens (primary N) is 1. The van der Waals surface area contributed by atoms with Crippen molar-refractivity contribution in [1.82, 2.24) is 9.88 Å². The Kier molecular flexibility index (Phi) is 5.59. The second kappa shape index (κ2) is 7.27. The molecule has 0 spiro atoms. The van der Waals surface area contributed by atoms with Gasteiger partial charge in [0, 0.05) is 31.4 Å². The lowest BCUT2D eigenvalue weighted by Gasteiger charge is -2.39.